The van der Waals surface area contributed by atoms with Crippen molar-refractivity contribution in [1.82, 2.24) is 41.7 Å². The second-order valence-corrected chi connectivity index (χ2v) is 21.5. The van der Waals surface area contributed by atoms with Crippen LogP contribution in [-0.4, -0.2) is 119 Å². The van der Waals surface area contributed by atoms with Gasteiger partial charge >= 0.3 is 5.97 Å². The van der Waals surface area contributed by atoms with Crippen molar-refractivity contribution < 1.29 is 38.7 Å². The quantitative estimate of drug-likeness (QED) is 0.110. The fraction of sp³-hybridized carbons (Fsp3) is 0.537. The van der Waals surface area contributed by atoms with Gasteiger partial charge in [-0.05, 0) is 97.8 Å². The third-order valence-corrected chi connectivity index (χ3v) is 14.3. The summed E-state index contributed by atoms with van der Waals surface area (Å²) in [5.41, 5.74) is 3.86. The number of carboxylic acids is 1. The molecule has 3 aromatic carbocycles. The van der Waals surface area contributed by atoms with Gasteiger partial charge in [0.1, 0.15) is 30.2 Å². The number of aryl methyl sites for hydroxylation is 1. The number of likely N-dealkylation sites (tertiary alicyclic amines) is 1. The SMILES string of the molecule is CN[C@@H](C)C(=O)N[C@H](C(=O)N1C[C@@H](c2ccc3c(c2)CN(C(=O)[C@@H](NC(=O)[C@H](C)NC)C(C)(C)C)[C@H](C(=O)N[C@@H]2CCCc4ccccc42)C3)C[C@H]1C(=O)N[C@@H](Cc1ccccc1)C(=O)O)C(C)(C)C. The molecule has 9 atom stereocenters. The number of fused-ring (bicyclic) bond motifs is 2. The first-order chi connectivity index (χ1) is 33.0. The third-order valence-electron chi connectivity index (χ3n) is 14.3. The van der Waals surface area contributed by atoms with Crippen molar-refractivity contribution in [1.29, 1.82) is 0 Å². The van der Waals surface area contributed by atoms with Crippen LogP contribution in [0.25, 0.3) is 0 Å². The molecule has 0 spiro atoms. The van der Waals surface area contributed by atoms with Crippen LogP contribution in [0.5, 0.6) is 0 Å². The molecule has 1 aliphatic carbocycles. The highest BCUT2D eigenvalue weighted by Gasteiger charge is 2.47. The number of carbonyl (C=O) groups excluding carboxylic acids is 6. The molecule has 16 nitrogen and oxygen atoms in total. The minimum absolute atomic E-state index is 0.0237. The lowest BCUT2D eigenvalue weighted by molar-refractivity contribution is -0.147. The van der Waals surface area contributed by atoms with Gasteiger partial charge in [0.05, 0.1) is 18.1 Å². The summed E-state index contributed by atoms with van der Waals surface area (Å²) in [5.74, 6) is -4.18. The lowest BCUT2D eigenvalue weighted by atomic mass is 9.83. The second kappa shape index (κ2) is 22.3. The average Bonchev–Trinajstić information content (AvgIpc) is 3.78. The van der Waals surface area contributed by atoms with Crippen LogP contribution < -0.4 is 31.9 Å². The van der Waals surface area contributed by atoms with Crippen molar-refractivity contribution in [3.8, 4) is 0 Å². The van der Waals surface area contributed by atoms with E-state index < -0.39 is 88.6 Å². The molecule has 1 fully saturated rings. The Balaban J connectivity index is 1.36. The zero-order valence-corrected chi connectivity index (χ0v) is 42.5. The van der Waals surface area contributed by atoms with Gasteiger partial charge in [0.25, 0.3) is 0 Å². The van der Waals surface area contributed by atoms with E-state index in [1.54, 1.807) is 57.1 Å². The molecule has 0 radical (unpaired) electrons. The number of carboxylic acid groups (broad SMARTS) is 1. The molecule has 1 saturated heterocycles. The van der Waals surface area contributed by atoms with Crippen molar-refractivity contribution in [3.05, 3.63) is 106 Å². The van der Waals surface area contributed by atoms with E-state index in [1.165, 1.54) is 10.5 Å². The predicted molar refractivity (Wildman–Crippen MR) is 267 cm³/mol. The maximum atomic E-state index is 15.1. The molecule has 0 unspecified atom stereocenters. The highest BCUT2D eigenvalue weighted by atomic mass is 16.4. The van der Waals surface area contributed by atoms with Gasteiger partial charge in [0.15, 0.2) is 0 Å². The van der Waals surface area contributed by atoms with E-state index in [1.807, 2.05) is 84.0 Å². The smallest absolute Gasteiger partial charge is 0.326 e. The summed E-state index contributed by atoms with van der Waals surface area (Å²) >= 11 is 0. The summed E-state index contributed by atoms with van der Waals surface area (Å²) in [6.07, 6.45) is 2.96. The van der Waals surface area contributed by atoms with E-state index in [4.69, 9.17) is 0 Å². The second-order valence-electron chi connectivity index (χ2n) is 21.5. The number of carbonyl (C=O) groups is 7. The molecule has 7 N–H and O–H groups in total. The van der Waals surface area contributed by atoms with Gasteiger partial charge in [-0.15, -0.1) is 0 Å². The summed E-state index contributed by atoms with van der Waals surface area (Å²) in [4.78, 5) is 101. The van der Waals surface area contributed by atoms with Crippen molar-refractivity contribution in [3.63, 3.8) is 0 Å². The first-order valence-corrected chi connectivity index (χ1v) is 24.7. The Kier molecular flexibility index (Phi) is 17.0. The van der Waals surface area contributed by atoms with Crippen molar-refractivity contribution in [2.24, 2.45) is 10.8 Å². The molecular formula is C54H74N8O8. The molecule has 16 heteroatoms. The van der Waals surface area contributed by atoms with E-state index >= 15 is 4.79 Å². The molecule has 6 rings (SSSR count). The molecule has 0 bridgehead atoms. The van der Waals surface area contributed by atoms with E-state index in [0.717, 1.165) is 41.5 Å². The number of likely N-dealkylation sites (N-methyl/N-ethyl adjacent to an activating group) is 2. The Morgan fingerprint density at radius 2 is 1.27 bits per heavy atom. The first kappa shape index (κ1) is 53.2. The lowest BCUT2D eigenvalue weighted by Gasteiger charge is -2.42. The highest BCUT2D eigenvalue weighted by molar-refractivity contribution is 5.96. The van der Waals surface area contributed by atoms with Crippen LogP contribution in [-0.2, 0) is 59.4 Å². The molecule has 0 aromatic heterocycles. The Hall–Kier alpha value is -6.13. The molecule has 3 aliphatic rings. The maximum absolute atomic E-state index is 15.1. The topological polar surface area (TPSA) is 218 Å². The van der Waals surface area contributed by atoms with Gasteiger partial charge in [-0.3, -0.25) is 28.8 Å². The van der Waals surface area contributed by atoms with Crippen LogP contribution in [0.2, 0.25) is 0 Å². The third kappa shape index (κ3) is 12.4. The summed E-state index contributed by atoms with van der Waals surface area (Å²) in [6, 6.07) is 16.2. The van der Waals surface area contributed by atoms with E-state index in [-0.39, 0.29) is 50.2 Å². The number of amides is 6. The zero-order valence-electron chi connectivity index (χ0n) is 42.5. The Morgan fingerprint density at radius 1 is 0.686 bits per heavy atom. The number of nitrogens with one attached hydrogen (secondary N) is 6. The molecule has 6 amide bonds. The lowest BCUT2D eigenvalue weighted by Crippen LogP contribution is -2.62. The fourth-order valence-electron chi connectivity index (χ4n) is 9.81. The minimum atomic E-state index is -1.28. The molecule has 2 heterocycles. The first-order valence-electron chi connectivity index (χ1n) is 24.7. The van der Waals surface area contributed by atoms with Crippen LogP contribution in [0.4, 0.5) is 0 Å². The van der Waals surface area contributed by atoms with Gasteiger partial charge in [-0.2, -0.15) is 0 Å². The number of benzene rings is 3. The standard InChI is InChI=1S/C54H74N8O8/c1-31(55-9)46(63)59-44(53(3,4)5)50(67)61-29-37-26-35(23-24-36(37)27-42(61)48(65)57-40-22-16-20-34-19-14-15-21-39(34)40)38-28-43(49(66)58-41(52(69)70)25-33-17-12-11-13-18-33)62(30-38)51(68)45(54(6,7)8)60-47(64)32(2)56-10/h11-15,17-19,21,23-24,26,31-32,38,40-45,55-56H,16,20,22,25,27-30H2,1-10H3,(H,57,65)(H,58,66)(H,59,63)(H,60,64)(H,69,70)/t31-,32-,38-,40+,41-,42-,43-,44+,45+/m0/s1. The summed E-state index contributed by atoms with van der Waals surface area (Å²) < 4.78 is 0. The molecule has 0 saturated carbocycles. The Bertz CT molecular complexity index is 2410. The molecule has 2 aliphatic heterocycles. The normalized spacial score (nSPS) is 21.2. The van der Waals surface area contributed by atoms with Gasteiger partial charge in [-0.25, -0.2) is 4.79 Å². The predicted octanol–water partition coefficient (Wildman–Crippen LogP) is 3.91. The number of rotatable bonds is 16. The van der Waals surface area contributed by atoms with E-state index in [9.17, 15) is 33.9 Å². The Morgan fingerprint density at radius 3 is 1.86 bits per heavy atom. The van der Waals surface area contributed by atoms with E-state index in [0.29, 0.717) is 5.56 Å². The average molecular weight is 963 g/mol. The monoisotopic (exact) mass is 963 g/mol. The van der Waals surface area contributed by atoms with Crippen molar-refractivity contribution in [2.75, 3.05) is 20.6 Å². The summed E-state index contributed by atoms with van der Waals surface area (Å²) in [5, 5.41) is 28.0. The zero-order chi connectivity index (χ0) is 51.2. The Labute approximate surface area is 412 Å². The van der Waals surface area contributed by atoms with Crippen molar-refractivity contribution >= 4 is 41.4 Å². The number of hydrogen-bond acceptors (Lipinski definition) is 9. The molecule has 378 valence electrons. The van der Waals surface area contributed by atoms with Crippen LogP contribution in [0.1, 0.15) is 120 Å². The van der Waals surface area contributed by atoms with Crippen LogP contribution in [0.15, 0.2) is 72.8 Å². The number of nitrogens with zero attached hydrogens (tertiary/aromatic N) is 2. The van der Waals surface area contributed by atoms with Gasteiger partial charge in [0.2, 0.25) is 35.4 Å². The van der Waals surface area contributed by atoms with E-state index in [2.05, 4.69) is 38.0 Å². The number of hydrogen-bond donors (Lipinski definition) is 7. The largest absolute Gasteiger partial charge is 0.480 e. The molecule has 70 heavy (non-hydrogen) atoms. The summed E-state index contributed by atoms with van der Waals surface area (Å²) in [6.45, 7) is 14.6. The molecular weight excluding hydrogens is 889 g/mol. The fourth-order valence-corrected chi connectivity index (χ4v) is 9.81. The van der Waals surface area contributed by atoms with Gasteiger partial charge in [-0.1, -0.05) is 114 Å². The van der Waals surface area contributed by atoms with Crippen LogP contribution >= 0.6 is 0 Å². The van der Waals surface area contributed by atoms with Gasteiger partial charge < -0.3 is 46.8 Å². The van der Waals surface area contributed by atoms with Crippen molar-refractivity contribution in [2.45, 2.75) is 155 Å². The minimum Gasteiger partial charge on any atom is -0.480 e. The van der Waals surface area contributed by atoms with Crippen LogP contribution in [0.3, 0.4) is 0 Å². The number of aliphatic carboxylic acids is 1. The van der Waals surface area contributed by atoms with Gasteiger partial charge in [0, 0.05) is 31.8 Å². The van der Waals surface area contributed by atoms with Crippen LogP contribution in [0, 0.1) is 10.8 Å². The highest BCUT2D eigenvalue weighted by Crippen LogP contribution is 2.38. The summed E-state index contributed by atoms with van der Waals surface area (Å²) in [7, 11) is 3.31. The maximum Gasteiger partial charge on any atom is 0.326 e. The molecule has 3 aromatic rings.